The maximum atomic E-state index is 12.8. The van der Waals surface area contributed by atoms with Crippen LogP contribution in [-0.4, -0.2) is 12.0 Å². The van der Waals surface area contributed by atoms with E-state index in [1.165, 1.54) is 0 Å². The van der Waals surface area contributed by atoms with Crippen molar-refractivity contribution < 1.29 is 8.78 Å². The fourth-order valence-corrected chi connectivity index (χ4v) is 1.44. The monoisotopic (exact) mass is 169 g/mol. The molecule has 0 aromatic heterocycles. The number of rotatable bonds is 1. The van der Waals surface area contributed by atoms with Gasteiger partial charge in [-0.15, -0.1) is 0 Å². The fourth-order valence-electron chi connectivity index (χ4n) is 1.44. The third-order valence-corrected chi connectivity index (χ3v) is 2.27. The number of hydrogen-bond donors (Lipinski definition) is 1. The zero-order valence-electron chi connectivity index (χ0n) is 6.37. The molecule has 0 heterocycles. The zero-order chi connectivity index (χ0) is 8.77. The Morgan fingerprint density at radius 1 is 1.17 bits per heavy atom. The average molecular weight is 169 g/mol. The van der Waals surface area contributed by atoms with Crippen LogP contribution in [0, 0.1) is 0 Å². The molecule has 0 radical (unpaired) electrons. The van der Waals surface area contributed by atoms with Gasteiger partial charge in [-0.2, -0.15) is 0 Å². The van der Waals surface area contributed by atoms with Crippen LogP contribution in [0.5, 0.6) is 0 Å². The van der Waals surface area contributed by atoms with E-state index in [0.29, 0.717) is 5.56 Å². The van der Waals surface area contributed by atoms with Gasteiger partial charge in [-0.25, -0.2) is 8.78 Å². The Morgan fingerprint density at radius 2 is 1.67 bits per heavy atom. The normalized spacial score (nSPS) is 31.6. The third-order valence-electron chi connectivity index (χ3n) is 2.27. The summed E-state index contributed by atoms with van der Waals surface area (Å²) >= 11 is 0. The van der Waals surface area contributed by atoms with Gasteiger partial charge in [0.15, 0.2) is 0 Å². The SMILES string of the molecule is N[C@@H]1[C@H](c2ccccc2)C1(F)F. The Bertz CT molecular complexity index is 284. The van der Waals surface area contributed by atoms with Gasteiger partial charge in [0, 0.05) is 0 Å². The minimum Gasteiger partial charge on any atom is -0.322 e. The van der Waals surface area contributed by atoms with Crippen LogP contribution in [0.2, 0.25) is 0 Å². The van der Waals surface area contributed by atoms with Gasteiger partial charge in [0.25, 0.3) is 5.92 Å². The van der Waals surface area contributed by atoms with Gasteiger partial charge in [0.1, 0.15) is 0 Å². The summed E-state index contributed by atoms with van der Waals surface area (Å²) in [6.07, 6.45) is 0. The quantitative estimate of drug-likeness (QED) is 0.680. The first-order valence-electron chi connectivity index (χ1n) is 3.82. The summed E-state index contributed by atoms with van der Waals surface area (Å²) < 4.78 is 25.5. The van der Waals surface area contributed by atoms with E-state index in [1.807, 2.05) is 0 Å². The smallest absolute Gasteiger partial charge is 0.272 e. The second-order valence-electron chi connectivity index (χ2n) is 3.09. The van der Waals surface area contributed by atoms with Gasteiger partial charge < -0.3 is 5.73 Å². The Morgan fingerprint density at radius 3 is 2.08 bits per heavy atom. The van der Waals surface area contributed by atoms with E-state index in [4.69, 9.17) is 5.73 Å². The maximum absolute atomic E-state index is 12.8. The first kappa shape index (κ1) is 7.68. The molecule has 0 bridgehead atoms. The third kappa shape index (κ3) is 0.932. The van der Waals surface area contributed by atoms with Crippen LogP contribution in [0.1, 0.15) is 11.5 Å². The van der Waals surface area contributed by atoms with Crippen molar-refractivity contribution in [3.8, 4) is 0 Å². The molecule has 1 saturated carbocycles. The molecule has 2 atom stereocenters. The summed E-state index contributed by atoms with van der Waals surface area (Å²) in [5.41, 5.74) is 5.86. The second kappa shape index (κ2) is 2.26. The van der Waals surface area contributed by atoms with Gasteiger partial charge in [-0.05, 0) is 5.56 Å². The molecule has 0 saturated heterocycles. The maximum Gasteiger partial charge on any atom is 0.272 e. The molecule has 2 rings (SSSR count). The first-order valence-corrected chi connectivity index (χ1v) is 3.82. The van der Waals surface area contributed by atoms with Crippen LogP contribution in [0.25, 0.3) is 0 Å². The number of nitrogens with two attached hydrogens (primary N) is 1. The lowest BCUT2D eigenvalue weighted by Crippen LogP contribution is -2.08. The summed E-state index contributed by atoms with van der Waals surface area (Å²) in [7, 11) is 0. The Kier molecular flexibility index (Phi) is 1.45. The van der Waals surface area contributed by atoms with Crippen molar-refractivity contribution in [1.29, 1.82) is 0 Å². The predicted octanol–water partition coefficient (Wildman–Crippen LogP) is 1.75. The van der Waals surface area contributed by atoms with E-state index in [2.05, 4.69) is 0 Å². The molecule has 0 amide bonds. The molecule has 1 fully saturated rings. The van der Waals surface area contributed by atoms with Crippen LogP contribution in [0.3, 0.4) is 0 Å². The van der Waals surface area contributed by atoms with E-state index in [-0.39, 0.29) is 0 Å². The van der Waals surface area contributed by atoms with Crippen LogP contribution in [0.15, 0.2) is 30.3 Å². The standard InChI is InChI=1S/C9H9F2N/c10-9(11)7(8(9)12)6-4-2-1-3-5-6/h1-5,7-8H,12H2/t7-,8+/m0/s1. The fraction of sp³-hybridized carbons (Fsp3) is 0.333. The molecule has 64 valence electrons. The minimum absolute atomic E-state index is 0.634. The number of benzene rings is 1. The Balaban J connectivity index is 2.25. The second-order valence-corrected chi connectivity index (χ2v) is 3.09. The van der Waals surface area contributed by atoms with Crippen molar-refractivity contribution in [1.82, 2.24) is 0 Å². The highest BCUT2D eigenvalue weighted by Gasteiger charge is 2.66. The van der Waals surface area contributed by atoms with E-state index >= 15 is 0 Å². The van der Waals surface area contributed by atoms with Crippen LogP contribution in [0.4, 0.5) is 8.78 Å². The van der Waals surface area contributed by atoms with E-state index in [0.717, 1.165) is 0 Å². The lowest BCUT2D eigenvalue weighted by atomic mass is 10.1. The molecule has 2 N–H and O–H groups in total. The molecular weight excluding hydrogens is 160 g/mol. The number of alkyl halides is 2. The molecule has 0 unspecified atom stereocenters. The Labute approximate surface area is 69.2 Å². The van der Waals surface area contributed by atoms with Crippen molar-refractivity contribution >= 4 is 0 Å². The van der Waals surface area contributed by atoms with Gasteiger partial charge in [0.05, 0.1) is 12.0 Å². The van der Waals surface area contributed by atoms with Crippen LogP contribution in [-0.2, 0) is 0 Å². The lowest BCUT2D eigenvalue weighted by Gasteiger charge is -1.95. The topological polar surface area (TPSA) is 26.0 Å². The lowest BCUT2D eigenvalue weighted by molar-refractivity contribution is 0.105. The number of hydrogen-bond acceptors (Lipinski definition) is 1. The van der Waals surface area contributed by atoms with E-state index in [9.17, 15) is 8.78 Å². The van der Waals surface area contributed by atoms with Crippen LogP contribution < -0.4 is 5.73 Å². The molecular formula is C9H9F2N. The summed E-state index contributed by atoms with van der Waals surface area (Å²) in [5, 5.41) is 0. The van der Waals surface area contributed by atoms with Crippen LogP contribution >= 0.6 is 0 Å². The van der Waals surface area contributed by atoms with E-state index in [1.54, 1.807) is 30.3 Å². The average Bonchev–Trinajstić information content (AvgIpc) is 2.53. The summed E-state index contributed by atoms with van der Waals surface area (Å²) in [5.74, 6) is -3.46. The number of halogens is 2. The zero-order valence-corrected chi connectivity index (χ0v) is 6.37. The van der Waals surface area contributed by atoms with Gasteiger partial charge in [0.2, 0.25) is 0 Å². The summed E-state index contributed by atoms with van der Waals surface area (Å²) in [6.45, 7) is 0. The molecule has 12 heavy (non-hydrogen) atoms. The molecule has 0 spiro atoms. The highest BCUT2D eigenvalue weighted by atomic mass is 19.3. The molecule has 1 aliphatic rings. The van der Waals surface area contributed by atoms with Crippen molar-refractivity contribution in [2.45, 2.75) is 17.9 Å². The predicted molar refractivity (Wildman–Crippen MR) is 42.1 cm³/mol. The first-order chi connectivity index (χ1) is 5.64. The molecule has 1 nitrogen and oxygen atoms in total. The van der Waals surface area contributed by atoms with Gasteiger partial charge in [-0.3, -0.25) is 0 Å². The molecule has 1 aromatic carbocycles. The summed E-state index contributed by atoms with van der Waals surface area (Å²) in [4.78, 5) is 0. The highest BCUT2D eigenvalue weighted by molar-refractivity contribution is 5.34. The van der Waals surface area contributed by atoms with Crippen molar-refractivity contribution in [3.05, 3.63) is 35.9 Å². The molecule has 3 heteroatoms. The van der Waals surface area contributed by atoms with Crippen molar-refractivity contribution in [2.75, 3.05) is 0 Å². The minimum atomic E-state index is -2.69. The van der Waals surface area contributed by atoms with Crippen molar-refractivity contribution in [2.24, 2.45) is 5.73 Å². The van der Waals surface area contributed by atoms with Crippen molar-refractivity contribution in [3.63, 3.8) is 0 Å². The molecule has 1 aliphatic carbocycles. The molecule has 0 aliphatic heterocycles. The largest absolute Gasteiger partial charge is 0.322 e. The molecule has 1 aromatic rings. The Hall–Kier alpha value is -0.960. The van der Waals surface area contributed by atoms with Gasteiger partial charge in [-0.1, -0.05) is 30.3 Å². The highest BCUT2D eigenvalue weighted by Crippen LogP contribution is 2.54. The van der Waals surface area contributed by atoms with Gasteiger partial charge >= 0.3 is 0 Å². The van der Waals surface area contributed by atoms with E-state index < -0.39 is 17.9 Å². The summed E-state index contributed by atoms with van der Waals surface area (Å²) in [6, 6.07) is 7.68.